The number of esters is 3. The topological polar surface area (TPSA) is 493 Å². The van der Waals surface area contributed by atoms with Crippen LogP contribution in [-0.2, 0) is 115 Å². The van der Waals surface area contributed by atoms with Crippen molar-refractivity contribution >= 4 is 90.0 Å². The van der Waals surface area contributed by atoms with Crippen LogP contribution in [0.1, 0.15) is 137 Å². The molecule has 0 fully saturated rings. The van der Waals surface area contributed by atoms with Gasteiger partial charge in [0.1, 0.15) is 119 Å². The minimum atomic E-state index is -1.30. The van der Waals surface area contributed by atoms with Crippen molar-refractivity contribution in [3.8, 4) is 0 Å². The average Bonchev–Trinajstić information content (AvgIpc) is 0.911. The summed E-state index contributed by atoms with van der Waals surface area (Å²) >= 11 is 0. The van der Waals surface area contributed by atoms with Crippen LogP contribution < -0.4 is 64.0 Å². The Balaban J connectivity index is 1.68. The van der Waals surface area contributed by atoms with Crippen molar-refractivity contribution in [2.45, 2.75) is 187 Å². The molecule has 0 aliphatic carbocycles. The molecule has 0 aliphatic heterocycles. The lowest BCUT2D eigenvalue weighted by atomic mass is 10.1. The second kappa shape index (κ2) is 52.3. The van der Waals surface area contributed by atoms with Gasteiger partial charge in [-0.25, -0.2) is 40.0 Å². The van der Waals surface area contributed by atoms with Crippen LogP contribution in [0.3, 0.4) is 0 Å². The fraction of sp³-hybridized carbons (Fsp3) is 0.554. The maximum Gasteiger partial charge on any atom is 0.422 e. The van der Waals surface area contributed by atoms with Crippen LogP contribution in [0.25, 0.3) is 0 Å². The first-order valence-electron chi connectivity index (χ1n) is 36.1. The summed E-state index contributed by atoms with van der Waals surface area (Å²) in [7, 11) is 0. The summed E-state index contributed by atoms with van der Waals surface area (Å²) in [5.41, 5.74) is 4.33. The first-order chi connectivity index (χ1) is 52.6. The Kier molecular flexibility index (Phi) is 44.4. The Morgan fingerprint density at radius 1 is 0.387 bits per heavy atom. The molecule has 5 atom stereocenters. The summed E-state index contributed by atoms with van der Waals surface area (Å²) in [4.78, 5) is 192. The van der Waals surface area contributed by atoms with Gasteiger partial charge in [-0.3, -0.25) is 48.6 Å². The van der Waals surface area contributed by atoms with Crippen molar-refractivity contribution < 1.29 is 119 Å². The lowest BCUT2D eigenvalue weighted by Crippen LogP contribution is -2.53. The van der Waals surface area contributed by atoms with E-state index in [1.165, 1.54) is 0 Å². The molecule has 0 radical (unpaired) electrons. The number of alkyl carbamates (subject to hydrolysis) is 2. The summed E-state index contributed by atoms with van der Waals surface area (Å²) in [6.07, 6.45) is -3.72. The fourth-order valence-electron chi connectivity index (χ4n) is 9.32. The van der Waals surface area contributed by atoms with Gasteiger partial charge in [-0.15, -0.1) is 0 Å². The number of carbonyl (C=O) groups excluding carboxylic acids is 15. The van der Waals surface area contributed by atoms with Gasteiger partial charge in [0.05, 0.1) is 13.2 Å². The molecule has 0 heterocycles. The van der Waals surface area contributed by atoms with E-state index in [-0.39, 0.29) is 84.4 Å². The Morgan fingerprint density at radius 2 is 0.712 bits per heavy atom. The highest BCUT2D eigenvalue weighted by molar-refractivity contribution is 5.96. The van der Waals surface area contributed by atoms with Crippen molar-refractivity contribution in [1.82, 2.24) is 64.0 Å². The highest BCUT2D eigenvalue weighted by Crippen LogP contribution is 2.13. The van der Waals surface area contributed by atoms with Gasteiger partial charge in [0.15, 0.2) is 0 Å². The first kappa shape index (κ1) is 94.3. The third-order valence-corrected chi connectivity index (χ3v) is 14.5. The minimum absolute atomic E-state index is 0.0110. The van der Waals surface area contributed by atoms with Crippen molar-refractivity contribution in [3.05, 3.63) is 108 Å². The molecule has 111 heavy (non-hydrogen) atoms. The van der Waals surface area contributed by atoms with Crippen LogP contribution in [-0.4, -0.2) is 216 Å². The van der Waals surface area contributed by atoms with Crippen LogP contribution >= 0.6 is 0 Å². The van der Waals surface area contributed by atoms with Gasteiger partial charge in [-0.05, 0) is 137 Å². The van der Waals surface area contributed by atoms with Crippen molar-refractivity contribution in [3.63, 3.8) is 0 Å². The molecular weight excluding hydrogens is 1460 g/mol. The summed E-state index contributed by atoms with van der Waals surface area (Å²) in [5, 5.41) is 24.1. The summed E-state index contributed by atoms with van der Waals surface area (Å²) < 4.78 is 54.4. The lowest BCUT2D eigenvalue weighted by molar-refractivity contribution is -0.151. The van der Waals surface area contributed by atoms with Crippen LogP contribution in [0.15, 0.2) is 91.0 Å². The lowest BCUT2D eigenvalue weighted by Gasteiger charge is -2.26. The van der Waals surface area contributed by atoms with E-state index in [4.69, 9.17) is 47.4 Å². The number of hydrogen-bond donors (Lipinski definition) is 12. The van der Waals surface area contributed by atoms with Gasteiger partial charge in [0.2, 0.25) is 35.4 Å². The molecule has 0 saturated carbocycles. The maximum absolute atomic E-state index is 13.4. The predicted octanol–water partition coefficient (Wildman–Crippen LogP) is 3.03. The zero-order valence-electron chi connectivity index (χ0n) is 64.3. The smallest absolute Gasteiger partial charge is 0.422 e. The highest BCUT2D eigenvalue weighted by atomic mass is 16.6. The quantitative estimate of drug-likeness (QED) is 0.0127. The molecule has 12 N–H and O–H groups in total. The standard InChI is InChI=1S/C74H108N12O25/c1-72(2,3)109-69(99)83-67(97)81-53(64(94)78-39-61(91)106-42-50-25-13-10-14-26-50)31-19-22-34-75-59(89)48-103-46-57(105-49-60(90)77-36-23-20-32-54(82-68(98)84-70(100)110-73(4,5)6)65(95)79-40-62(92)107-43-51-27-15-11-16-28-51)56(104-38-37-87)45-102-47-58(88)76-35-24-21-33-55(85-86-71(101)111-74(7,8)9)66(96)80-41-63(93)108-44-52-29-17-12-18-30-52/h10-18,25-30,37,53-57,85H,19-24,31-36,38-49H2,1-9H3,(H,75,89)(H,76,88)(H,77,90)(H,78,94)(H,79,95)(H,80,96)(H,86,101)(H2,81,83,97,99)(H2,82,84,98,100). The zero-order chi connectivity index (χ0) is 82.0. The molecule has 37 heteroatoms. The molecular formula is C74H108N12O25. The predicted molar refractivity (Wildman–Crippen MR) is 395 cm³/mol. The number of urea groups is 2. The second-order valence-electron chi connectivity index (χ2n) is 27.7. The Bertz CT molecular complexity index is 3430. The van der Waals surface area contributed by atoms with Gasteiger partial charge < -0.3 is 94.7 Å². The average molecular weight is 1570 g/mol. The van der Waals surface area contributed by atoms with E-state index in [2.05, 4.69) is 53.4 Å². The number of unbranched alkanes of at least 4 members (excludes halogenated alkanes) is 3. The first-order valence-corrected chi connectivity index (χ1v) is 36.1. The molecule has 0 aliphatic rings. The second-order valence-corrected chi connectivity index (χ2v) is 27.7. The van der Waals surface area contributed by atoms with Crippen molar-refractivity contribution in [2.75, 3.05) is 78.9 Å². The number of rotatable bonds is 49. The van der Waals surface area contributed by atoms with E-state index in [9.17, 15) is 71.9 Å². The molecule has 3 rings (SSSR count). The van der Waals surface area contributed by atoms with E-state index >= 15 is 0 Å². The Labute approximate surface area is 644 Å². The number of hydrazine groups is 1. The van der Waals surface area contributed by atoms with E-state index in [0.717, 1.165) is 5.56 Å². The monoisotopic (exact) mass is 1560 g/mol. The molecule has 3 aromatic carbocycles. The fourth-order valence-corrected chi connectivity index (χ4v) is 9.32. The summed E-state index contributed by atoms with van der Waals surface area (Å²) in [5.74, 6) is -6.42. The van der Waals surface area contributed by atoms with Gasteiger partial charge in [0.25, 0.3) is 0 Å². The van der Waals surface area contributed by atoms with Crippen LogP contribution in [0.4, 0.5) is 24.0 Å². The zero-order valence-corrected chi connectivity index (χ0v) is 64.3. The molecule has 614 valence electrons. The number of benzene rings is 3. The third-order valence-electron chi connectivity index (χ3n) is 14.5. The molecule has 0 saturated heterocycles. The van der Waals surface area contributed by atoms with Crippen molar-refractivity contribution in [1.29, 1.82) is 0 Å². The molecule has 5 unspecified atom stereocenters. The SMILES string of the molecule is CC(C)(C)OC(=O)NNC(CCCCNC(=O)COCC(OCC=O)C(COCC(=O)NCCCCC(NC(=O)NC(=O)OC(C)(C)C)C(=O)NCC(=O)OCc1ccccc1)OCC(=O)NCCCCC(NC(=O)NC(=O)OC(C)(C)C)C(=O)NCC(=O)OCc1ccccc1)C(=O)NCC(=O)OCc1ccccc1. The van der Waals surface area contributed by atoms with E-state index in [1.807, 2.05) is 16.7 Å². The van der Waals surface area contributed by atoms with Gasteiger partial charge >= 0.3 is 48.2 Å². The summed E-state index contributed by atoms with van der Waals surface area (Å²) in [6.45, 7) is 9.50. The maximum atomic E-state index is 13.4. The number of aldehydes is 1. The third kappa shape index (κ3) is 47.6. The number of amides is 13. The molecule has 3 aromatic rings. The Hall–Kier alpha value is -10.9. The van der Waals surface area contributed by atoms with Crippen LogP contribution in [0.5, 0.6) is 0 Å². The van der Waals surface area contributed by atoms with Gasteiger partial charge in [-0.2, -0.15) is 0 Å². The number of carbonyl (C=O) groups is 15. The Morgan fingerprint density at radius 3 is 1.06 bits per heavy atom. The van der Waals surface area contributed by atoms with E-state index in [1.54, 1.807) is 147 Å². The van der Waals surface area contributed by atoms with E-state index < -0.39 is 190 Å². The molecule has 0 spiro atoms. The normalized spacial score (nSPS) is 12.5. The number of imide groups is 2. The summed E-state index contributed by atoms with van der Waals surface area (Å²) in [6, 6.07) is 20.7. The number of nitrogens with one attached hydrogen (secondary N) is 12. The number of hydrogen-bond acceptors (Lipinski definition) is 26. The molecule has 0 aromatic heterocycles. The van der Waals surface area contributed by atoms with Gasteiger partial charge in [0, 0.05) is 19.6 Å². The molecule has 37 nitrogen and oxygen atoms in total. The van der Waals surface area contributed by atoms with Crippen molar-refractivity contribution in [2.24, 2.45) is 0 Å². The largest absolute Gasteiger partial charge is 0.460 e. The molecule has 13 amide bonds. The van der Waals surface area contributed by atoms with Crippen LogP contribution in [0, 0.1) is 0 Å². The van der Waals surface area contributed by atoms with Gasteiger partial charge in [-0.1, -0.05) is 91.0 Å². The molecule has 0 bridgehead atoms. The van der Waals surface area contributed by atoms with Crippen LogP contribution in [0.2, 0.25) is 0 Å². The van der Waals surface area contributed by atoms with E-state index in [0.29, 0.717) is 30.3 Å². The number of ether oxygens (including phenoxy) is 10. The highest BCUT2D eigenvalue weighted by Gasteiger charge is 2.30. The minimum Gasteiger partial charge on any atom is -0.460 e.